The Balaban J connectivity index is 1.83. The molecule has 1 heterocycles. The molecule has 0 spiro atoms. The first kappa shape index (κ1) is 17.8. The van der Waals surface area contributed by atoms with Gasteiger partial charge in [0.25, 0.3) is 0 Å². The maximum absolute atomic E-state index is 12.5. The normalized spacial score (nSPS) is 28.9. The number of hydrogen-bond donors (Lipinski definition) is 1. The van der Waals surface area contributed by atoms with Crippen molar-refractivity contribution in [3.05, 3.63) is 0 Å². The predicted molar refractivity (Wildman–Crippen MR) is 87.4 cm³/mol. The summed E-state index contributed by atoms with van der Waals surface area (Å²) < 4.78 is 0. The van der Waals surface area contributed by atoms with Gasteiger partial charge in [-0.25, -0.2) is 4.79 Å². The number of carbonyl (C=O) groups is 3. The van der Waals surface area contributed by atoms with Gasteiger partial charge in [-0.2, -0.15) is 0 Å². The van der Waals surface area contributed by atoms with E-state index < -0.39 is 6.17 Å². The van der Waals surface area contributed by atoms with E-state index in [-0.39, 0.29) is 30.2 Å². The minimum absolute atomic E-state index is 0.0130. The Morgan fingerprint density at radius 3 is 2.43 bits per heavy atom. The number of unbranched alkanes of at least 4 members (excludes halogenated alkanes) is 1. The molecular formula is C17H29N3O3. The lowest BCUT2D eigenvalue weighted by molar-refractivity contribution is -0.134. The van der Waals surface area contributed by atoms with Crippen molar-refractivity contribution in [2.24, 2.45) is 11.8 Å². The van der Waals surface area contributed by atoms with Crippen LogP contribution >= 0.6 is 0 Å². The molecule has 23 heavy (non-hydrogen) atoms. The standard InChI is InChI=1S/C17H29N3O3/c1-4-5-6-12-7-9-13(10-8-12)16(22)18-14-11-15(21)20(3)17(23)19(14)2/h12-14H,4-11H2,1-3H3,(H,18,22). The molecule has 1 unspecified atom stereocenters. The molecule has 6 heteroatoms. The van der Waals surface area contributed by atoms with Crippen molar-refractivity contribution in [3.63, 3.8) is 0 Å². The van der Waals surface area contributed by atoms with Crippen LogP contribution < -0.4 is 5.32 Å². The van der Waals surface area contributed by atoms with Crippen molar-refractivity contribution in [1.29, 1.82) is 0 Å². The number of rotatable bonds is 5. The minimum atomic E-state index is -0.517. The van der Waals surface area contributed by atoms with E-state index in [2.05, 4.69) is 12.2 Å². The highest BCUT2D eigenvalue weighted by atomic mass is 16.2. The molecule has 4 amide bonds. The number of nitrogens with one attached hydrogen (secondary N) is 1. The first-order valence-corrected chi connectivity index (χ1v) is 8.77. The third-order valence-electron chi connectivity index (χ3n) is 5.29. The summed E-state index contributed by atoms with van der Waals surface area (Å²) in [6.07, 6.45) is 7.45. The summed E-state index contributed by atoms with van der Waals surface area (Å²) >= 11 is 0. The quantitative estimate of drug-likeness (QED) is 0.844. The summed E-state index contributed by atoms with van der Waals surface area (Å²) in [7, 11) is 3.09. The number of hydrogen-bond acceptors (Lipinski definition) is 3. The molecule has 2 aliphatic rings. The first-order valence-electron chi connectivity index (χ1n) is 8.77. The van der Waals surface area contributed by atoms with Gasteiger partial charge in [0.05, 0.1) is 6.42 Å². The van der Waals surface area contributed by atoms with Crippen LogP contribution in [0.4, 0.5) is 4.79 Å². The van der Waals surface area contributed by atoms with E-state index in [0.717, 1.165) is 36.5 Å². The lowest BCUT2D eigenvalue weighted by atomic mass is 9.79. The Morgan fingerprint density at radius 2 is 1.83 bits per heavy atom. The van der Waals surface area contributed by atoms with E-state index in [0.29, 0.717) is 0 Å². The van der Waals surface area contributed by atoms with Crippen LogP contribution in [0.15, 0.2) is 0 Å². The van der Waals surface area contributed by atoms with Gasteiger partial charge in [-0.05, 0) is 31.6 Å². The highest BCUT2D eigenvalue weighted by Crippen LogP contribution is 2.32. The molecule has 6 nitrogen and oxygen atoms in total. The lowest BCUT2D eigenvalue weighted by Gasteiger charge is -2.37. The van der Waals surface area contributed by atoms with Gasteiger partial charge in [-0.3, -0.25) is 14.5 Å². The molecule has 2 fully saturated rings. The van der Waals surface area contributed by atoms with Crippen LogP contribution in [0.25, 0.3) is 0 Å². The van der Waals surface area contributed by atoms with Gasteiger partial charge in [-0.1, -0.05) is 26.2 Å². The van der Waals surface area contributed by atoms with Gasteiger partial charge in [0.1, 0.15) is 6.17 Å². The number of urea groups is 1. The molecule has 2 rings (SSSR count). The Labute approximate surface area is 138 Å². The van der Waals surface area contributed by atoms with Crippen molar-refractivity contribution in [2.45, 2.75) is 64.5 Å². The number of imide groups is 1. The number of carbonyl (C=O) groups excluding carboxylic acids is 3. The van der Waals surface area contributed by atoms with Crippen LogP contribution in [0, 0.1) is 11.8 Å². The summed E-state index contributed by atoms with van der Waals surface area (Å²) in [5.74, 6) is 0.516. The third-order valence-corrected chi connectivity index (χ3v) is 5.29. The molecule has 0 bridgehead atoms. The largest absolute Gasteiger partial charge is 0.335 e. The molecule has 1 aliphatic heterocycles. The number of nitrogens with zero attached hydrogens (tertiary/aromatic N) is 2. The molecule has 1 atom stereocenters. The molecule has 1 saturated heterocycles. The molecule has 0 aromatic heterocycles. The van der Waals surface area contributed by atoms with Crippen LogP contribution in [-0.2, 0) is 9.59 Å². The van der Waals surface area contributed by atoms with Gasteiger partial charge in [-0.15, -0.1) is 0 Å². The lowest BCUT2D eigenvalue weighted by Crippen LogP contribution is -2.60. The highest BCUT2D eigenvalue weighted by molar-refractivity contribution is 5.97. The summed E-state index contributed by atoms with van der Waals surface area (Å²) in [4.78, 5) is 38.7. The Kier molecular flexibility index (Phi) is 6.02. The molecule has 1 N–H and O–H groups in total. The average Bonchev–Trinajstić information content (AvgIpc) is 2.56. The monoisotopic (exact) mass is 323 g/mol. The maximum Gasteiger partial charge on any atom is 0.327 e. The van der Waals surface area contributed by atoms with E-state index in [1.54, 1.807) is 7.05 Å². The zero-order valence-corrected chi connectivity index (χ0v) is 14.5. The fraction of sp³-hybridized carbons (Fsp3) is 0.824. The molecule has 0 aromatic rings. The Bertz CT molecular complexity index is 458. The number of amides is 4. The summed E-state index contributed by atoms with van der Waals surface area (Å²) in [5, 5.41) is 2.90. The molecular weight excluding hydrogens is 294 g/mol. The smallest absolute Gasteiger partial charge is 0.327 e. The zero-order valence-electron chi connectivity index (χ0n) is 14.5. The van der Waals surface area contributed by atoms with Crippen LogP contribution in [0.5, 0.6) is 0 Å². The van der Waals surface area contributed by atoms with Crippen LogP contribution in [0.1, 0.15) is 58.3 Å². The van der Waals surface area contributed by atoms with E-state index in [1.165, 1.54) is 31.2 Å². The first-order chi connectivity index (χ1) is 10.9. The van der Waals surface area contributed by atoms with Crippen molar-refractivity contribution in [2.75, 3.05) is 14.1 Å². The van der Waals surface area contributed by atoms with Crippen LogP contribution in [-0.4, -0.2) is 47.9 Å². The zero-order chi connectivity index (χ0) is 17.0. The molecule has 1 saturated carbocycles. The minimum Gasteiger partial charge on any atom is -0.335 e. The van der Waals surface area contributed by atoms with E-state index >= 15 is 0 Å². The second kappa shape index (κ2) is 7.79. The van der Waals surface area contributed by atoms with Gasteiger partial charge in [0.15, 0.2) is 0 Å². The van der Waals surface area contributed by atoms with Crippen molar-refractivity contribution < 1.29 is 14.4 Å². The Hall–Kier alpha value is -1.59. The second-order valence-electron chi connectivity index (χ2n) is 6.93. The Morgan fingerprint density at radius 1 is 1.17 bits per heavy atom. The third kappa shape index (κ3) is 4.24. The van der Waals surface area contributed by atoms with Gasteiger partial charge >= 0.3 is 6.03 Å². The van der Waals surface area contributed by atoms with Crippen LogP contribution in [0.2, 0.25) is 0 Å². The van der Waals surface area contributed by atoms with Crippen molar-refractivity contribution >= 4 is 17.8 Å². The van der Waals surface area contributed by atoms with Gasteiger partial charge in [0, 0.05) is 20.0 Å². The molecule has 0 radical (unpaired) electrons. The second-order valence-corrected chi connectivity index (χ2v) is 6.93. The molecule has 0 aromatic carbocycles. The average molecular weight is 323 g/mol. The van der Waals surface area contributed by atoms with E-state index in [1.807, 2.05) is 0 Å². The predicted octanol–water partition coefficient (Wildman–Crippen LogP) is 2.34. The fourth-order valence-electron chi connectivity index (χ4n) is 3.55. The topological polar surface area (TPSA) is 69.7 Å². The van der Waals surface area contributed by atoms with E-state index in [9.17, 15) is 14.4 Å². The van der Waals surface area contributed by atoms with Crippen LogP contribution in [0.3, 0.4) is 0 Å². The molecule has 130 valence electrons. The van der Waals surface area contributed by atoms with Gasteiger partial charge in [0.2, 0.25) is 11.8 Å². The highest BCUT2D eigenvalue weighted by Gasteiger charge is 2.36. The van der Waals surface area contributed by atoms with Gasteiger partial charge < -0.3 is 10.2 Å². The summed E-state index contributed by atoms with van der Waals surface area (Å²) in [6.45, 7) is 2.21. The maximum atomic E-state index is 12.5. The SMILES string of the molecule is CCCCC1CCC(C(=O)NC2CC(=O)N(C)C(=O)N2C)CC1. The van der Waals surface area contributed by atoms with Crippen molar-refractivity contribution in [1.82, 2.24) is 15.1 Å². The van der Waals surface area contributed by atoms with E-state index in [4.69, 9.17) is 0 Å². The summed E-state index contributed by atoms with van der Waals surface area (Å²) in [5.41, 5.74) is 0. The summed E-state index contributed by atoms with van der Waals surface area (Å²) in [6, 6.07) is -0.366. The van der Waals surface area contributed by atoms with Crippen molar-refractivity contribution in [3.8, 4) is 0 Å². The fourth-order valence-corrected chi connectivity index (χ4v) is 3.55. The molecule has 1 aliphatic carbocycles.